The van der Waals surface area contributed by atoms with Crippen molar-refractivity contribution in [1.29, 1.82) is 0 Å². The maximum Gasteiger partial charge on any atom is 0.416 e. The van der Waals surface area contributed by atoms with E-state index in [0.717, 1.165) is 24.1 Å². The van der Waals surface area contributed by atoms with Crippen LogP contribution in [0.4, 0.5) is 19.0 Å². The Morgan fingerprint density at radius 1 is 1.00 bits per heavy atom. The summed E-state index contributed by atoms with van der Waals surface area (Å²) in [5, 5.41) is 0. The summed E-state index contributed by atoms with van der Waals surface area (Å²) in [4.78, 5) is 12.6. The van der Waals surface area contributed by atoms with Crippen molar-refractivity contribution >= 4 is 27.0 Å². The zero-order valence-electron chi connectivity index (χ0n) is 17.1. The highest BCUT2D eigenvalue weighted by molar-refractivity contribution is 7.92. The van der Waals surface area contributed by atoms with Crippen molar-refractivity contribution in [1.82, 2.24) is 19.5 Å². The van der Waals surface area contributed by atoms with E-state index in [4.69, 9.17) is 0 Å². The number of benzene rings is 2. The normalized spacial score (nSPS) is 12.3. The predicted octanol–water partition coefficient (Wildman–Crippen LogP) is 4.41. The van der Waals surface area contributed by atoms with Crippen LogP contribution in [0, 0.1) is 0 Å². The van der Waals surface area contributed by atoms with E-state index >= 15 is 0 Å². The molecule has 0 fully saturated rings. The molecule has 1 N–H and O–H groups in total. The Kier molecular flexibility index (Phi) is 5.37. The minimum absolute atomic E-state index is 0.0247. The van der Waals surface area contributed by atoms with Crippen molar-refractivity contribution in [3.63, 3.8) is 0 Å². The number of hydrogen-bond acceptors (Lipinski definition) is 5. The van der Waals surface area contributed by atoms with E-state index in [2.05, 4.69) is 19.7 Å². The molecule has 166 valence electrons. The summed E-state index contributed by atoms with van der Waals surface area (Å²) in [6, 6.07) is 11.0. The highest BCUT2D eigenvalue weighted by atomic mass is 32.2. The molecule has 4 rings (SSSR count). The molecular weight excluding hydrogens is 443 g/mol. The van der Waals surface area contributed by atoms with Crippen molar-refractivity contribution in [2.75, 3.05) is 4.72 Å². The molecule has 0 aliphatic carbocycles. The first kappa shape index (κ1) is 21.8. The molecule has 0 unspecified atom stereocenters. The van der Waals surface area contributed by atoms with E-state index in [9.17, 15) is 21.6 Å². The molecule has 32 heavy (non-hydrogen) atoms. The van der Waals surface area contributed by atoms with Gasteiger partial charge in [-0.15, -0.1) is 0 Å². The van der Waals surface area contributed by atoms with Crippen molar-refractivity contribution in [3.8, 4) is 11.4 Å². The standard InChI is InChI=1S/C21H18F3N5O2S/c1-3-13-4-10-16(11-5-13)32(30,31)28-18-17-20(26-12-25-18)29(2)19(27-17)14-6-8-15(9-7-14)21(22,23)24/h4-12H,3H2,1-2H3,(H,25,26,28). The molecule has 7 nitrogen and oxygen atoms in total. The van der Waals surface area contributed by atoms with Crippen molar-refractivity contribution in [3.05, 3.63) is 66.0 Å². The third-order valence-corrected chi connectivity index (χ3v) is 6.35. The second-order valence-electron chi connectivity index (χ2n) is 7.07. The molecular formula is C21H18F3N5O2S. The fourth-order valence-corrected chi connectivity index (χ4v) is 4.25. The Bertz CT molecular complexity index is 1380. The van der Waals surface area contributed by atoms with Gasteiger partial charge in [0.15, 0.2) is 17.0 Å². The van der Waals surface area contributed by atoms with Crippen LogP contribution in [0.1, 0.15) is 18.1 Å². The molecule has 4 aromatic rings. The molecule has 0 atom stereocenters. The number of hydrogen-bond donors (Lipinski definition) is 1. The zero-order valence-corrected chi connectivity index (χ0v) is 17.9. The monoisotopic (exact) mass is 461 g/mol. The van der Waals surface area contributed by atoms with E-state index in [1.54, 1.807) is 23.7 Å². The van der Waals surface area contributed by atoms with E-state index in [-0.39, 0.29) is 16.2 Å². The second kappa shape index (κ2) is 7.90. The van der Waals surface area contributed by atoms with Gasteiger partial charge in [0.1, 0.15) is 12.2 Å². The van der Waals surface area contributed by atoms with Gasteiger partial charge < -0.3 is 4.57 Å². The zero-order chi connectivity index (χ0) is 23.1. The third kappa shape index (κ3) is 4.03. The average molecular weight is 461 g/mol. The van der Waals surface area contributed by atoms with Crippen LogP contribution in [0.15, 0.2) is 59.8 Å². The van der Waals surface area contributed by atoms with Crippen LogP contribution >= 0.6 is 0 Å². The van der Waals surface area contributed by atoms with Crippen LogP contribution in [-0.2, 0) is 29.7 Å². The Morgan fingerprint density at radius 3 is 2.25 bits per heavy atom. The smallest absolute Gasteiger partial charge is 0.312 e. The van der Waals surface area contributed by atoms with Crippen LogP contribution in [0.2, 0.25) is 0 Å². The van der Waals surface area contributed by atoms with Gasteiger partial charge in [-0.25, -0.2) is 23.4 Å². The maximum absolute atomic E-state index is 12.9. The number of aryl methyl sites for hydroxylation is 2. The first-order valence-electron chi connectivity index (χ1n) is 9.57. The van der Waals surface area contributed by atoms with Crippen LogP contribution in [0.25, 0.3) is 22.6 Å². The summed E-state index contributed by atoms with van der Waals surface area (Å²) in [6.45, 7) is 1.97. The Hall–Kier alpha value is -3.47. The van der Waals surface area contributed by atoms with Crippen molar-refractivity contribution in [2.24, 2.45) is 7.05 Å². The van der Waals surface area contributed by atoms with Gasteiger partial charge in [0.05, 0.1) is 10.5 Å². The quantitative estimate of drug-likeness (QED) is 0.476. The van der Waals surface area contributed by atoms with Crippen molar-refractivity contribution in [2.45, 2.75) is 24.4 Å². The number of nitrogens with one attached hydrogen (secondary N) is 1. The summed E-state index contributed by atoms with van der Waals surface area (Å²) >= 11 is 0. The summed E-state index contributed by atoms with van der Waals surface area (Å²) in [6.07, 6.45) is -2.48. The minimum Gasteiger partial charge on any atom is -0.312 e. The molecule has 2 aromatic carbocycles. The number of nitrogens with zero attached hydrogens (tertiary/aromatic N) is 4. The van der Waals surface area contributed by atoms with Crippen LogP contribution < -0.4 is 4.72 Å². The third-order valence-electron chi connectivity index (χ3n) is 5.00. The number of sulfonamides is 1. The first-order valence-corrected chi connectivity index (χ1v) is 11.1. The predicted molar refractivity (Wildman–Crippen MR) is 113 cm³/mol. The molecule has 0 saturated heterocycles. The van der Waals surface area contributed by atoms with E-state index < -0.39 is 21.8 Å². The Labute approximate surface area is 182 Å². The fraction of sp³-hybridized carbons (Fsp3) is 0.190. The van der Waals surface area contributed by atoms with Crippen molar-refractivity contribution < 1.29 is 21.6 Å². The van der Waals surface area contributed by atoms with Gasteiger partial charge in [0.25, 0.3) is 10.0 Å². The molecule has 0 amide bonds. The van der Waals surface area contributed by atoms with E-state index in [1.807, 2.05) is 6.92 Å². The lowest BCUT2D eigenvalue weighted by atomic mass is 10.1. The van der Waals surface area contributed by atoms with Crippen LogP contribution in [0.5, 0.6) is 0 Å². The number of anilines is 1. The van der Waals surface area contributed by atoms with Gasteiger partial charge in [-0.05, 0) is 36.2 Å². The summed E-state index contributed by atoms with van der Waals surface area (Å²) < 4.78 is 68.2. The van der Waals surface area contributed by atoms with E-state index in [1.165, 1.54) is 30.6 Å². The number of alkyl halides is 3. The maximum atomic E-state index is 12.9. The number of aromatic nitrogens is 4. The molecule has 2 aromatic heterocycles. The Balaban J connectivity index is 1.73. The fourth-order valence-electron chi connectivity index (χ4n) is 3.23. The van der Waals surface area contributed by atoms with Gasteiger partial charge in [-0.1, -0.05) is 31.2 Å². The van der Waals surface area contributed by atoms with E-state index in [0.29, 0.717) is 17.0 Å². The van der Waals surface area contributed by atoms with Crippen LogP contribution in [-0.4, -0.2) is 27.9 Å². The molecule has 2 heterocycles. The molecule has 0 bridgehead atoms. The van der Waals surface area contributed by atoms with Gasteiger partial charge in [0.2, 0.25) is 0 Å². The van der Waals surface area contributed by atoms with Gasteiger partial charge in [-0.2, -0.15) is 13.2 Å². The molecule has 0 spiro atoms. The number of imidazole rings is 1. The topological polar surface area (TPSA) is 89.8 Å². The number of rotatable bonds is 5. The summed E-state index contributed by atoms with van der Waals surface area (Å²) in [5.74, 6) is 0.297. The molecule has 0 aliphatic heterocycles. The average Bonchev–Trinajstić information content (AvgIpc) is 3.11. The SMILES string of the molecule is CCc1ccc(S(=O)(=O)Nc2ncnc3c2nc(-c2ccc(C(F)(F)F)cc2)n3C)cc1. The molecule has 0 saturated carbocycles. The highest BCUT2D eigenvalue weighted by Gasteiger charge is 2.30. The Morgan fingerprint density at radius 2 is 1.66 bits per heavy atom. The lowest BCUT2D eigenvalue weighted by Gasteiger charge is -2.08. The number of halogens is 3. The molecule has 0 radical (unpaired) electrons. The minimum atomic E-state index is -4.45. The van der Waals surface area contributed by atoms with Gasteiger partial charge >= 0.3 is 6.18 Å². The van der Waals surface area contributed by atoms with Gasteiger partial charge in [-0.3, -0.25) is 4.72 Å². The summed E-state index contributed by atoms with van der Waals surface area (Å²) in [7, 11) is -2.30. The molecule has 11 heteroatoms. The molecule has 0 aliphatic rings. The first-order chi connectivity index (χ1) is 15.1. The largest absolute Gasteiger partial charge is 0.416 e. The number of fused-ring (bicyclic) bond motifs is 1. The summed E-state index contributed by atoms with van der Waals surface area (Å²) in [5.41, 5.74) is 1.15. The lowest BCUT2D eigenvalue weighted by molar-refractivity contribution is -0.137. The highest BCUT2D eigenvalue weighted by Crippen LogP contribution is 2.32. The van der Waals surface area contributed by atoms with Crippen LogP contribution in [0.3, 0.4) is 0 Å². The lowest BCUT2D eigenvalue weighted by Crippen LogP contribution is -2.14. The van der Waals surface area contributed by atoms with Gasteiger partial charge in [0, 0.05) is 12.6 Å². The second-order valence-corrected chi connectivity index (χ2v) is 8.75.